The number of hydrogen-bond donors (Lipinski definition) is 2. The number of ether oxygens (including phenoxy) is 2. The molecule has 0 spiro atoms. The number of Topliss-reactive ketones (excluding diaryl/α,β-unsaturated/α-hetero) is 1. The van der Waals surface area contributed by atoms with Gasteiger partial charge in [-0.2, -0.15) is 0 Å². The summed E-state index contributed by atoms with van der Waals surface area (Å²) in [5.74, 6) is 1.52. The first-order chi connectivity index (χ1) is 14.1. The van der Waals surface area contributed by atoms with E-state index in [0.717, 1.165) is 61.9 Å². The Morgan fingerprint density at radius 1 is 1.14 bits per heavy atom. The molecule has 1 unspecified atom stereocenters. The molecule has 2 aliphatic carbocycles. The number of pyridine rings is 1. The van der Waals surface area contributed by atoms with E-state index in [9.17, 15) is 9.59 Å². The maximum absolute atomic E-state index is 12.8. The lowest BCUT2D eigenvalue weighted by molar-refractivity contribution is 0.0929. The number of methoxy groups -OCH3 is 2. The molecule has 154 valence electrons. The van der Waals surface area contributed by atoms with E-state index in [4.69, 9.17) is 9.47 Å². The molecule has 2 N–H and O–H groups in total. The van der Waals surface area contributed by atoms with E-state index in [2.05, 4.69) is 10.3 Å². The Morgan fingerprint density at radius 3 is 2.72 bits per heavy atom. The van der Waals surface area contributed by atoms with Crippen molar-refractivity contribution in [3.05, 3.63) is 57.0 Å². The largest absolute Gasteiger partial charge is 0.493 e. The topological polar surface area (TPSA) is 80.4 Å². The maximum atomic E-state index is 12.8. The Kier molecular flexibility index (Phi) is 5.72. The van der Waals surface area contributed by atoms with Crippen LogP contribution in [-0.4, -0.2) is 31.5 Å². The average molecular weight is 396 g/mol. The smallest absolute Gasteiger partial charge is 0.248 e. The lowest BCUT2D eigenvalue weighted by Gasteiger charge is -2.26. The van der Waals surface area contributed by atoms with Gasteiger partial charge in [-0.25, -0.2) is 0 Å². The fraction of sp³-hybridized carbons (Fsp3) is 0.478. The summed E-state index contributed by atoms with van der Waals surface area (Å²) in [5.41, 5.74) is 4.06. The number of benzene rings is 1. The standard InChI is InChI=1S/C23H28N2O4/c1-28-20-12-15-11-14(23(27)17(15)13-21(20)29-2)5-4-10-24-18-6-3-7-19-16(18)8-9-22(26)25-19/h8-9,12-14,18,24H,3-7,10-11H2,1-2H3,(H,25,26)/t14?,18-/m0/s1. The second-order valence-corrected chi connectivity index (χ2v) is 7.93. The van der Waals surface area contributed by atoms with Crippen LogP contribution >= 0.6 is 0 Å². The Hall–Kier alpha value is -2.60. The summed E-state index contributed by atoms with van der Waals surface area (Å²) in [4.78, 5) is 27.3. The van der Waals surface area contributed by atoms with Gasteiger partial charge in [0.05, 0.1) is 14.2 Å². The monoisotopic (exact) mass is 396 g/mol. The van der Waals surface area contributed by atoms with E-state index in [1.807, 2.05) is 18.2 Å². The van der Waals surface area contributed by atoms with E-state index < -0.39 is 0 Å². The zero-order chi connectivity index (χ0) is 20.4. The van der Waals surface area contributed by atoms with Crippen molar-refractivity contribution in [1.82, 2.24) is 10.3 Å². The Balaban J connectivity index is 1.33. The molecule has 0 saturated heterocycles. The Bertz CT molecular complexity index is 966. The number of aromatic nitrogens is 1. The number of aryl methyl sites for hydroxylation is 1. The summed E-state index contributed by atoms with van der Waals surface area (Å²) in [5, 5.41) is 3.62. The fourth-order valence-corrected chi connectivity index (χ4v) is 4.67. The summed E-state index contributed by atoms with van der Waals surface area (Å²) in [6, 6.07) is 7.58. The van der Waals surface area contributed by atoms with Crippen LogP contribution in [0.2, 0.25) is 0 Å². The zero-order valence-corrected chi connectivity index (χ0v) is 17.0. The van der Waals surface area contributed by atoms with Crippen molar-refractivity contribution in [3.63, 3.8) is 0 Å². The summed E-state index contributed by atoms with van der Waals surface area (Å²) in [7, 11) is 3.20. The molecular formula is C23H28N2O4. The molecule has 0 fully saturated rings. The quantitative estimate of drug-likeness (QED) is 0.703. The third-order valence-electron chi connectivity index (χ3n) is 6.16. The number of ketones is 1. The predicted octanol–water partition coefficient (Wildman–Crippen LogP) is 3.19. The molecule has 0 bridgehead atoms. The molecule has 6 nitrogen and oxygen atoms in total. The number of aromatic amines is 1. The first kappa shape index (κ1) is 19.7. The summed E-state index contributed by atoms with van der Waals surface area (Å²) in [6.45, 7) is 0.857. The van der Waals surface area contributed by atoms with Crippen molar-refractivity contribution in [2.75, 3.05) is 20.8 Å². The highest BCUT2D eigenvalue weighted by atomic mass is 16.5. The van der Waals surface area contributed by atoms with Crippen LogP contribution in [0.5, 0.6) is 11.5 Å². The van der Waals surface area contributed by atoms with E-state index in [1.165, 1.54) is 5.56 Å². The van der Waals surface area contributed by atoms with Crippen LogP contribution in [0.25, 0.3) is 0 Å². The number of rotatable bonds is 7. The van der Waals surface area contributed by atoms with Gasteiger partial charge in [-0.3, -0.25) is 9.59 Å². The van der Waals surface area contributed by atoms with Gasteiger partial charge in [0.1, 0.15) is 0 Å². The highest BCUT2D eigenvalue weighted by Gasteiger charge is 2.31. The highest BCUT2D eigenvalue weighted by Crippen LogP contribution is 2.38. The number of H-pyrrole nitrogens is 1. The van der Waals surface area contributed by atoms with Crippen molar-refractivity contribution >= 4 is 5.78 Å². The summed E-state index contributed by atoms with van der Waals surface area (Å²) < 4.78 is 10.7. The predicted molar refractivity (Wildman–Crippen MR) is 111 cm³/mol. The molecule has 29 heavy (non-hydrogen) atoms. The maximum Gasteiger partial charge on any atom is 0.248 e. The first-order valence-electron chi connectivity index (χ1n) is 10.3. The van der Waals surface area contributed by atoms with Crippen LogP contribution in [0.1, 0.15) is 58.9 Å². The van der Waals surface area contributed by atoms with Gasteiger partial charge in [-0.1, -0.05) is 6.07 Å². The molecule has 1 aromatic carbocycles. The number of hydrogen-bond acceptors (Lipinski definition) is 5. The lowest BCUT2D eigenvalue weighted by atomic mass is 9.91. The lowest BCUT2D eigenvalue weighted by Crippen LogP contribution is -2.28. The third kappa shape index (κ3) is 3.94. The summed E-state index contributed by atoms with van der Waals surface area (Å²) in [6.07, 6.45) is 5.65. The Labute approximate surface area is 170 Å². The fourth-order valence-electron chi connectivity index (χ4n) is 4.67. The average Bonchev–Trinajstić information content (AvgIpc) is 3.04. The van der Waals surface area contributed by atoms with Gasteiger partial charge in [0, 0.05) is 29.3 Å². The number of nitrogens with one attached hydrogen (secondary N) is 2. The van der Waals surface area contributed by atoms with Gasteiger partial charge in [-0.05, 0) is 68.3 Å². The van der Waals surface area contributed by atoms with Crippen molar-refractivity contribution in [2.45, 2.75) is 44.6 Å². The van der Waals surface area contributed by atoms with Crippen LogP contribution in [0.3, 0.4) is 0 Å². The van der Waals surface area contributed by atoms with Crippen LogP contribution in [-0.2, 0) is 12.8 Å². The molecule has 0 saturated carbocycles. The van der Waals surface area contributed by atoms with Gasteiger partial charge in [0.25, 0.3) is 0 Å². The molecule has 0 aliphatic heterocycles. The molecule has 0 radical (unpaired) electrons. The first-order valence-corrected chi connectivity index (χ1v) is 10.3. The molecule has 1 heterocycles. The molecule has 4 rings (SSSR count). The molecule has 2 aliphatic rings. The van der Waals surface area contributed by atoms with Crippen LogP contribution in [0.15, 0.2) is 29.1 Å². The van der Waals surface area contributed by atoms with Gasteiger partial charge < -0.3 is 19.8 Å². The molecule has 2 aromatic rings. The minimum Gasteiger partial charge on any atom is -0.493 e. The van der Waals surface area contributed by atoms with Crippen LogP contribution < -0.4 is 20.3 Å². The van der Waals surface area contributed by atoms with Crippen molar-refractivity contribution in [1.29, 1.82) is 0 Å². The molecule has 6 heteroatoms. The molecule has 2 atom stereocenters. The van der Waals surface area contributed by atoms with Gasteiger partial charge in [-0.15, -0.1) is 0 Å². The minimum atomic E-state index is -0.0306. The number of carbonyl (C=O) groups is 1. The normalized spacial score (nSPS) is 20.3. The Morgan fingerprint density at radius 2 is 1.93 bits per heavy atom. The van der Waals surface area contributed by atoms with Gasteiger partial charge in [0.2, 0.25) is 5.56 Å². The minimum absolute atomic E-state index is 0.0265. The third-order valence-corrected chi connectivity index (χ3v) is 6.16. The van der Waals surface area contributed by atoms with E-state index in [1.54, 1.807) is 20.3 Å². The number of carbonyl (C=O) groups excluding carboxylic acids is 1. The molecule has 0 amide bonds. The van der Waals surface area contributed by atoms with Crippen molar-refractivity contribution in [2.24, 2.45) is 5.92 Å². The highest BCUT2D eigenvalue weighted by molar-refractivity contribution is 6.02. The van der Waals surface area contributed by atoms with E-state index in [-0.39, 0.29) is 23.3 Å². The second-order valence-electron chi connectivity index (χ2n) is 7.93. The van der Waals surface area contributed by atoms with Gasteiger partial charge in [0.15, 0.2) is 17.3 Å². The van der Waals surface area contributed by atoms with Crippen molar-refractivity contribution < 1.29 is 14.3 Å². The molecular weight excluding hydrogens is 368 g/mol. The molecule has 1 aromatic heterocycles. The number of fused-ring (bicyclic) bond motifs is 2. The second kappa shape index (κ2) is 8.41. The van der Waals surface area contributed by atoms with E-state index in [0.29, 0.717) is 11.5 Å². The van der Waals surface area contributed by atoms with E-state index >= 15 is 0 Å². The SMILES string of the molecule is COc1cc2c(cc1OC)C(=O)C(CCCN[C@H]1CCCc3[nH]c(=O)ccc31)C2. The van der Waals surface area contributed by atoms with Gasteiger partial charge >= 0.3 is 0 Å². The zero-order valence-electron chi connectivity index (χ0n) is 17.0. The van der Waals surface area contributed by atoms with Crippen LogP contribution in [0, 0.1) is 5.92 Å². The van der Waals surface area contributed by atoms with Crippen molar-refractivity contribution in [3.8, 4) is 11.5 Å². The summed E-state index contributed by atoms with van der Waals surface area (Å²) >= 11 is 0. The van der Waals surface area contributed by atoms with Crippen LogP contribution in [0.4, 0.5) is 0 Å².